The quantitative estimate of drug-likeness (QED) is 0.427. The molecule has 0 spiro atoms. The topological polar surface area (TPSA) is 118 Å². The molecule has 10 nitrogen and oxygen atoms in total. The molecule has 1 N–H and O–H groups in total. The van der Waals surface area contributed by atoms with Crippen molar-refractivity contribution < 1.29 is 14.3 Å². The first-order valence-electron chi connectivity index (χ1n) is 12.4. The molecule has 1 saturated heterocycles. The van der Waals surface area contributed by atoms with Gasteiger partial charge in [-0.3, -0.25) is 14.6 Å². The molecule has 2 atom stereocenters. The monoisotopic (exact) mass is 497 g/mol. The fourth-order valence-electron chi connectivity index (χ4n) is 5.49. The highest BCUT2D eigenvalue weighted by atomic mass is 16.5. The molecule has 37 heavy (non-hydrogen) atoms. The van der Waals surface area contributed by atoms with Gasteiger partial charge in [-0.1, -0.05) is 24.3 Å². The summed E-state index contributed by atoms with van der Waals surface area (Å²) in [6, 6.07) is 0. The van der Waals surface area contributed by atoms with E-state index in [1.54, 1.807) is 24.3 Å². The number of hydrogen-bond donors (Lipinski definition) is 1. The molecular formula is C27H27N7O3. The number of Topliss-reactive ketones (excluding diaryl/α,β-unsaturated/α-hetero) is 1. The molecule has 5 heterocycles. The maximum absolute atomic E-state index is 13.5. The minimum absolute atomic E-state index is 0.133. The average Bonchev–Trinajstić information content (AvgIpc) is 3.58. The zero-order valence-electron chi connectivity index (χ0n) is 20.7. The van der Waals surface area contributed by atoms with E-state index in [9.17, 15) is 9.59 Å². The van der Waals surface area contributed by atoms with Crippen LogP contribution in [-0.2, 0) is 4.79 Å². The molecule has 0 saturated carbocycles. The lowest BCUT2D eigenvalue weighted by Gasteiger charge is -2.39. The molecule has 10 heteroatoms. The van der Waals surface area contributed by atoms with Gasteiger partial charge in [-0.2, -0.15) is 5.10 Å². The van der Waals surface area contributed by atoms with Gasteiger partial charge in [0.2, 0.25) is 0 Å². The zero-order chi connectivity index (χ0) is 25.5. The molecule has 0 aromatic carbocycles. The normalized spacial score (nSPS) is 21.0. The van der Waals surface area contributed by atoms with Crippen LogP contribution in [0.4, 0.5) is 0 Å². The lowest BCUT2D eigenvalue weighted by molar-refractivity contribution is -0.128. The predicted octanol–water partition coefficient (Wildman–Crippen LogP) is 3.35. The number of nitrogens with zero attached hydrogens (tertiary/aromatic N) is 6. The number of H-pyrrole nitrogens is 1. The number of aryl methyl sites for hydroxylation is 1. The highest BCUT2D eigenvalue weighted by molar-refractivity contribution is 6.45. The van der Waals surface area contributed by atoms with E-state index in [2.05, 4.69) is 44.4 Å². The molecule has 3 aliphatic rings. The van der Waals surface area contributed by atoms with E-state index in [1.807, 2.05) is 6.20 Å². The van der Waals surface area contributed by atoms with Gasteiger partial charge in [-0.05, 0) is 31.8 Å². The second-order valence-corrected chi connectivity index (χ2v) is 9.49. The van der Waals surface area contributed by atoms with Gasteiger partial charge in [0.1, 0.15) is 17.9 Å². The number of carbonyl (C=O) groups excluding carboxylic acids is 2. The Morgan fingerprint density at radius 3 is 2.89 bits per heavy atom. The average molecular weight is 498 g/mol. The summed E-state index contributed by atoms with van der Waals surface area (Å²) >= 11 is 0. The number of pyridine rings is 1. The van der Waals surface area contributed by atoms with Crippen molar-refractivity contribution in [3.05, 3.63) is 66.2 Å². The van der Waals surface area contributed by atoms with Gasteiger partial charge in [-0.25, -0.2) is 14.6 Å². The van der Waals surface area contributed by atoms with Gasteiger partial charge in [-0.15, -0.1) is 0 Å². The van der Waals surface area contributed by atoms with E-state index >= 15 is 0 Å². The fraction of sp³-hybridized carbons (Fsp3) is 0.333. The Labute approximate surface area is 213 Å². The number of rotatable bonds is 5. The third-order valence-electron chi connectivity index (χ3n) is 7.32. The largest absolute Gasteiger partial charge is 0.494 e. The van der Waals surface area contributed by atoms with E-state index in [0.29, 0.717) is 41.4 Å². The number of ether oxygens (including phenoxy) is 1. The minimum Gasteiger partial charge on any atom is -0.494 e. The van der Waals surface area contributed by atoms with Crippen LogP contribution >= 0.6 is 0 Å². The van der Waals surface area contributed by atoms with Gasteiger partial charge in [0.25, 0.3) is 11.7 Å². The number of amides is 1. The highest BCUT2D eigenvalue weighted by Crippen LogP contribution is 2.35. The molecule has 1 amide bonds. The Morgan fingerprint density at radius 2 is 2.14 bits per heavy atom. The highest BCUT2D eigenvalue weighted by Gasteiger charge is 2.38. The van der Waals surface area contributed by atoms with Gasteiger partial charge in [0.05, 0.1) is 29.8 Å². The molecular weight excluding hydrogens is 470 g/mol. The van der Waals surface area contributed by atoms with Crippen molar-refractivity contribution in [1.82, 2.24) is 29.6 Å². The Balaban J connectivity index is 1.26. The fourth-order valence-corrected chi connectivity index (χ4v) is 5.49. The van der Waals surface area contributed by atoms with E-state index in [0.717, 1.165) is 25.0 Å². The zero-order valence-corrected chi connectivity index (χ0v) is 20.7. The number of aromatic amines is 1. The molecule has 188 valence electrons. The van der Waals surface area contributed by atoms with Crippen molar-refractivity contribution in [2.24, 2.45) is 16.8 Å². The number of allylic oxidation sites excluding steroid dienone is 4. The second kappa shape index (κ2) is 9.27. The van der Waals surface area contributed by atoms with Crippen molar-refractivity contribution in [3.63, 3.8) is 0 Å². The van der Waals surface area contributed by atoms with Crippen molar-refractivity contribution >= 4 is 28.3 Å². The summed E-state index contributed by atoms with van der Waals surface area (Å²) in [5.74, 6) is 0.751. The molecule has 2 aliphatic heterocycles. The molecule has 1 aliphatic carbocycles. The summed E-state index contributed by atoms with van der Waals surface area (Å²) < 4.78 is 7.03. The summed E-state index contributed by atoms with van der Waals surface area (Å²) in [5.41, 5.74) is 3.20. The van der Waals surface area contributed by atoms with Crippen molar-refractivity contribution in [2.45, 2.75) is 26.2 Å². The summed E-state index contributed by atoms with van der Waals surface area (Å²) in [4.78, 5) is 45.0. The third-order valence-corrected chi connectivity index (χ3v) is 7.32. The van der Waals surface area contributed by atoms with Gasteiger partial charge < -0.3 is 14.6 Å². The van der Waals surface area contributed by atoms with Crippen LogP contribution in [0.3, 0.4) is 0 Å². The lowest BCUT2D eigenvalue weighted by atomic mass is 9.77. The van der Waals surface area contributed by atoms with Crippen LogP contribution < -0.4 is 4.74 Å². The number of ketones is 1. The molecule has 3 aromatic heterocycles. The first kappa shape index (κ1) is 23.1. The summed E-state index contributed by atoms with van der Waals surface area (Å²) in [6.07, 6.45) is 17.7. The van der Waals surface area contributed by atoms with Crippen LogP contribution in [0, 0.1) is 18.8 Å². The molecule has 3 aromatic rings. The number of fused-ring (bicyclic) bond motifs is 2. The third kappa shape index (κ3) is 3.98. The second-order valence-electron chi connectivity index (χ2n) is 9.49. The molecule has 0 bridgehead atoms. The van der Waals surface area contributed by atoms with Crippen LogP contribution in [0.5, 0.6) is 5.75 Å². The van der Waals surface area contributed by atoms with Crippen LogP contribution in [0.1, 0.15) is 35.4 Å². The van der Waals surface area contributed by atoms with Crippen molar-refractivity contribution in [1.29, 1.82) is 0 Å². The number of aromatic nitrogens is 5. The number of methoxy groups -OCH3 is 1. The number of nitrogens with one attached hydrogen (secondary N) is 1. The molecule has 0 radical (unpaired) electrons. The van der Waals surface area contributed by atoms with E-state index in [1.165, 1.54) is 23.6 Å². The standard InChI is InChI=1S/C27H27N7O3/c1-16-31-15-34(32-16)26-24-22(21(37-2)13-30-26)20(12-29-24)25(35)27(36)33-11-9-19-18(14-33)8-10-28-23(19)17-6-4-3-5-7-17/h3-4,6,8,10,12-13,15,18-19,29H,5,7,9,11,14H2,1-2H3. The predicted molar refractivity (Wildman–Crippen MR) is 138 cm³/mol. The Hall–Kier alpha value is -4.34. The number of carbonyl (C=O) groups is 2. The van der Waals surface area contributed by atoms with Crippen LogP contribution in [0.2, 0.25) is 0 Å². The first-order chi connectivity index (χ1) is 18.0. The summed E-state index contributed by atoms with van der Waals surface area (Å²) in [5, 5.41) is 4.82. The summed E-state index contributed by atoms with van der Waals surface area (Å²) in [6.45, 7) is 2.77. The number of hydrogen-bond acceptors (Lipinski definition) is 7. The first-order valence-corrected chi connectivity index (χ1v) is 12.4. The van der Waals surface area contributed by atoms with Crippen LogP contribution in [-0.4, -0.2) is 67.2 Å². The van der Waals surface area contributed by atoms with Crippen molar-refractivity contribution in [3.8, 4) is 11.6 Å². The van der Waals surface area contributed by atoms with Gasteiger partial charge in [0.15, 0.2) is 5.82 Å². The Kier molecular flexibility index (Phi) is 5.78. The van der Waals surface area contributed by atoms with Crippen LogP contribution in [0.25, 0.3) is 16.7 Å². The van der Waals surface area contributed by atoms with E-state index < -0.39 is 11.7 Å². The summed E-state index contributed by atoms with van der Waals surface area (Å²) in [7, 11) is 1.51. The number of piperidine rings is 1. The minimum atomic E-state index is -0.580. The maximum Gasteiger partial charge on any atom is 0.295 e. The van der Waals surface area contributed by atoms with E-state index in [-0.39, 0.29) is 17.4 Å². The van der Waals surface area contributed by atoms with Crippen molar-refractivity contribution in [2.75, 3.05) is 20.2 Å². The Bertz CT molecular complexity index is 1520. The number of aliphatic imine (C=N–C) groups is 1. The van der Waals surface area contributed by atoms with Gasteiger partial charge in [0, 0.05) is 43.0 Å². The SMILES string of the molecule is COc1cnc(-n2cnc(C)n2)c2[nH]cc(C(=O)C(=O)N3CCC4C(C5=CC=CCC5)=NC=CC4C3)c12. The van der Waals surface area contributed by atoms with E-state index in [4.69, 9.17) is 9.73 Å². The lowest BCUT2D eigenvalue weighted by Crippen LogP contribution is -2.48. The number of likely N-dealkylation sites (tertiary alicyclic amines) is 1. The molecule has 1 fully saturated rings. The molecule has 6 rings (SSSR count). The smallest absolute Gasteiger partial charge is 0.295 e. The van der Waals surface area contributed by atoms with Gasteiger partial charge >= 0.3 is 0 Å². The van der Waals surface area contributed by atoms with Crippen LogP contribution in [0.15, 0.2) is 59.8 Å². The Morgan fingerprint density at radius 1 is 1.24 bits per heavy atom. The maximum atomic E-state index is 13.5. The molecule has 2 unspecified atom stereocenters.